The van der Waals surface area contributed by atoms with Gasteiger partial charge in [-0.15, -0.1) is 0 Å². The van der Waals surface area contributed by atoms with Gasteiger partial charge in [-0.1, -0.05) is 29.8 Å². The van der Waals surface area contributed by atoms with E-state index in [4.69, 9.17) is 16.3 Å². The number of hydrogen-bond acceptors (Lipinski definition) is 8. The molecule has 0 unspecified atom stereocenters. The Hall–Kier alpha value is -3.16. The van der Waals surface area contributed by atoms with Gasteiger partial charge in [0.15, 0.2) is 0 Å². The number of fused-ring (bicyclic) bond motifs is 1. The van der Waals surface area contributed by atoms with Crippen molar-refractivity contribution >= 4 is 33.5 Å². The Morgan fingerprint density at radius 3 is 2.71 bits per heavy atom. The van der Waals surface area contributed by atoms with Crippen LogP contribution in [0.25, 0.3) is 11.3 Å². The molecule has 2 aliphatic rings. The van der Waals surface area contributed by atoms with Gasteiger partial charge in [0.25, 0.3) is 0 Å². The third kappa shape index (κ3) is 6.21. The van der Waals surface area contributed by atoms with Gasteiger partial charge in [-0.3, -0.25) is 4.79 Å². The van der Waals surface area contributed by atoms with E-state index in [9.17, 15) is 22.7 Å². The van der Waals surface area contributed by atoms with Gasteiger partial charge >= 0.3 is 0 Å². The number of nitrogens with zero attached hydrogens (tertiary/aromatic N) is 3. The lowest BCUT2D eigenvalue weighted by molar-refractivity contribution is -0.125. The first kappa shape index (κ1) is 29.3. The maximum absolute atomic E-state index is 13.9. The van der Waals surface area contributed by atoms with E-state index in [1.165, 1.54) is 31.3 Å². The molecule has 218 valence electrons. The zero-order valence-electron chi connectivity index (χ0n) is 22.6. The van der Waals surface area contributed by atoms with Gasteiger partial charge in [-0.05, 0) is 61.6 Å². The molecule has 10 nitrogen and oxygen atoms in total. The first-order valence-corrected chi connectivity index (χ1v) is 15.1. The molecule has 3 aromatic rings. The van der Waals surface area contributed by atoms with E-state index in [0.29, 0.717) is 47.1 Å². The molecular weight excluding hydrogens is 573 g/mol. The Kier molecular flexibility index (Phi) is 8.57. The number of carbonyl (C=O) groups is 1. The summed E-state index contributed by atoms with van der Waals surface area (Å²) >= 11 is 6.42. The second kappa shape index (κ2) is 12.0. The van der Waals surface area contributed by atoms with E-state index in [-0.39, 0.29) is 22.5 Å². The van der Waals surface area contributed by atoms with Crippen LogP contribution in [0.1, 0.15) is 42.5 Å². The molecule has 0 bridgehead atoms. The van der Waals surface area contributed by atoms with Crippen LogP contribution in [-0.2, 0) is 26.1 Å². The van der Waals surface area contributed by atoms with Crippen LogP contribution >= 0.6 is 11.6 Å². The Morgan fingerprint density at radius 2 is 2.00 bits per heavy atom. The predicted octanol–water partition coefficient (Wildman–Crippen LogP) is 3.58. The second-order valence-corrected chi connectivity index (χ2v) is 12.5. The van der Waals surface area contributed by atoms with Crippen molar-refractivity contribution in [3.05, 3.63) is 70.1 Å². The molecular formula is C28H31ClFN5O5S. The van der Waals surface area contributed by atoms with Crippen LogP contribution in [0.3, 0.4) is 0 Å². The number of benzene rings is 2. The maximum Gasteiger partial charge on any atom is 0.244 e. The summed E-state index contributed by atoms with van der Waals surface area (Å²) in [6.07, 6.45) is 3.12. The first-order chi connectivity index (χ1) is 19.6. The highest BCUT2D eigenvalue weighted by atomic mass is 35.5. The molecule has 0 aliphatic carbocycles. The van der Waals surface area contributed by atoms with E-state index in [2.05, 4.69) is 20.6 Å². The highest BCUT2D eigenvalue weighted by Gasteiger charge is 2.41. The third-order valence-corrected chi connectivity index (χ3v) is 9.60. The normalized spacial score (nSPS) is 18.5. The molecule has 13 heteroatoms. The van der Waals surface area contributed by atoms with E-state index in [1.54, 1.807) is 25.1 Å². The predicted molar refractivity (Wildman–Crippen MR) is 151 cm³/mol. The van der Waals surface area contributed by atoms with Crippen LogP contribution < -0.4 is 10.6 Å². The molecule has 5 rings (SSSR count). The maximum atomic E-state index is 13.9. The summed E-state index contributed by atoms with van der Waals surface area (Å²) in [6, 6.07) is 7.31. The molecule has 1 saturated heterocycles. The monoisotopic (exact) mass is 603 g/mol. The fraction of sp³-hybridized carbons (Fsp3) is 0.393. The van der Waals surface area contributed by atoms with Crippen molar-refractivity contribution in [1.29, 1.82) is 0 Å². The summed E-state index contributed by atoms with van der Waals surface area (Å²) in [4.78, 5) is 22.0. The minimum Gasteiger partial charge on any atom is -0.394 e. The van der Waals surface area contributed by atoms with Crippen LogP contribution in [0.15, 0.2) is 47.5 Å². The Balaban J connectivity index is 1.35. The topological polar surface area (TPSA) is 134 Å². The highest BCUT2D eigenvalue weighted by Crippen LogP contribution is 2.36. The number of halogens is 2. The van der Waals surface area contributed by atoms with Gasteiger partial charge in [0, 0.05) is 31.4 Å². The van der Waals surface area contributed by atoms with E-state index in [0.717, 1.165) is 17.1 Å². The average molecular weight is 604 g/mol. The van der Waals surface area contributed by atoms with Crippen molar-refractivity contribution in [1.82, 2.24) is 19.6 Å². The van der Waals surface area contributed by atoms with E-state index in [1.807, 2.05) is 0 Å². The molecule has 1 amide bonds. The zero-order valence-corrected chi connectivity index (χ0v) is 24.2. The van der Waals surface area contributed by atoms with Crippen LogP contribution in [-0.4, -0.2) is 65.6 Å². The number of sulfonamides is 1. The largest absolute Gasteiger partial charge is 0.394 e. The summed E-state index contributed by atoms with van der Waals surface area (Å²) in [7, 11) is -4.05. The smallest absolute Gasteiger partial charge is 0.244 e. The quantitative estimate of drug-likeness (QED) is 0.356. The van der Waals surface area contributed by atoms with Gasteiger partial charge in [0.1, 0.15) is 11.9 Å². The van der Waals surface area contributed by atoms with Crippen molar-refractivity contribution in [2.45, 2.75) is 56.3 Å². The number of rotatable bonds is 8. The number of carbonyl (C=O) groups excluding carboxylic acids is 1. The minimum absolute atomic E-state index is 0.0105. The number of hydrogen-bond donors (Lipinski definition) is 3. The van der Waals surface area contributed by atoms with Gasteiger partial charge in [0.2, 0.25) is 21.9 Å². The number of anilines is 1. The molecule has 2 aromatic carbocycles. The third-order valence-electron chi connectivity index (χ3n) is 7.33. The lowest BCUT2D eigenvalue weighted by atomic mass is 10.0. The first-order valence-electron chi connectivity index (χ1n) is 13.3. The summed E-state index contributed by atoms with van der Waals surface area (Å²) in [5.41, 5.74) is 2.42. The number of amides is 1. The van der Waals surface area contributed by atoms with Gasteiger partial charge < -0.3 is 20.5 Å². The summed E-state index contributed by atoms with van der Waals surface area (Å²) < 4.78 is 47.6. The number of aromatic nitrogens is 2. The molecule has 41 heavy (non-hydrogen) atoms. The van der Waals surface area contributed by atoms with Crippen molar-refractivity contribution in [3.63, 3.8) is 0 Å². The SMILES string of the molecule is Cc1cc(F)cc([C@@H](CO)NC(=O)[C@@H](C)N2Cc3ccc(-c4nc(NC5CCOCC5)ncc4Cl)cc3S2(=O)=O)c1. The summed E-state index contributed by atoms with van der Waals surface area (Å²) in [6.45, 7) is 3.98. The lowest BCUT2D eigenvalue weighted by Crippen LogP contribution is -2.46. The van der Waals surface area contributed by atoms with E-state index >= 15 is 0 Å². The van der Waals surface area contributed by atoms with Crippen LogP contribution in [0.5, 0.6) is 0 Å². The molecule has 2 aliphatic heterocycles. The zero-order chi connectivity index (χ0) is 29.3. The molecule has 0 spiro atoms. The molecule has 3 heterocycles. The molecule has 1 aromatic heterocycles. The summed E-state index contributed by atoms with van der Waals surface area (Å²) in [5, 5.41) is 16.1. The fourth-order valence-corrected chi connectivity index (χ4v) is 7.10. The van der Waals surface area contributed by atoms with Gasteiger partial charge in [0.05, 0.1) is 34.5 Å². The number of nitrogens with one attached hydrogen (secondary N) is 2. The standard InChI is InChI=1S/C28H31ClFN5O5S/c1-16-9-20(11-21(30)10-16)24(15-36)33-27(37)17(2)35-14-19-4-3-18(12-25(19)41(35,38)39)26-23(29)13-31-28(34-26)32-22-5-7-40-8-6-22/h3-4,9-13,17,22,24,36H,5-8,14-15H2,1-2H3,(H,33,37)(H,31,32,34)/t17-,24-/m1/s1. The second-order valence-electron chi connectivity index (χ2n) is 10.3. The van der Waals surface area contributed by atoms with Crippen molar-refractivity contribution in [2.24, 2.45) is 0 Å². The molecule has 3 N–H and O–H groups in total. The van der Waals surface area contributed by atoms with Crippen LogP contribution in [0.4, 0.5) is 10.3 Å². The Morgan fingerprint density at radius 1 is 1.24 bits per heavy atom. The molecule has 0 radical (unpaired) electrons. The number of aliphatic hydroxyl groups is 1. The lowest BCUT2D eigenvalue weighted by Gasteiger charge is -2.25. The number of aryl methyl sites for hydroxylation is 1. The fourth-order valence-electron chi connectivity index (χ4n) is 5.08. The average Bonchev–Trinajstić information content (AvgIpc) is 3.21. The van der Waals surface area contributed by atoms with Crippen LogP contribution in [0.2, 0.25) is 5.02 Å². The Bertz CT molecular complexity index is 1550. The minimum atomic E-state index is -4.05. The van der Waals surface area contributed by atoms with E-state index < -0.39 is 40.4 Å². The van der Waals surface area contributed by atoms with Gasteiger partial charge in [-0.2, -0.15) is 4.31 Å². The van der Waals surface area contributed by atoms with Crippen molar-refractivity contribution in [2.75, 3.05) is 25.1 Å². The summed E-state index contributed by atoms with van der Waals surface area (Å²) in [5.74, 6) is -0.729. The van der Waals surface area contributed by atoms with Crippen molar-refractivity contribution in [3.8, 4) is 11.3 Å². The van der Waals surface area contributed by atoms with Crippen molar-refractivity contribution < 1.29 is 27.4 Å². The van der Waals surface area contributed by atoms with Gasteiger partial charge in [-0.25, -0.2) is 22.8 Å². The molecule has 2 atom stereocenters. The number of ether oxygens (including phenoxy) is 1. The Labute approximate surface area is 243 Å². The highest BCUT2D eigenvalue weighted by molar-refractivity contribution is 7.89. The molecule has 0 saturated carbocycles. The van der Waals surface area contributed by atoms with Crippen LogP contribution in [0, 0.1) is 12.7 Å². The number of aliphatic hydroxyl groups excluding tert-OH is 1. The molecule has 1 fully saturated rings.